The molecule has 1 aliphatic rings. The Bertz CT molecular complexity index is 361. The van der Waals surface area contributed by atoms with Crippen LogP contribution in [0.15, 0.2) is 18.2 Å². The van der Waals surface area contributed by atoms with Crippen LogP contribution in [0.2, 0.25) is 0 Å². The van der Waals surface area contributed by atoms with Crippen molar-refractivity contribution >= 4 is 0 Å². The van der Waals surface area contributed by atoms with E-state index in [2.05, 4.69) is 6.07 Å². The predicted octanol–water partition coefficient (Wildman–Crippen LogP) is 1.98. The van der Waals surface area contributed by atoms with E-state index in [1.807, 2.05) is 12.1 Å². The molecule has 1 atom stereocenters. The summed E-state index contributed by atoms with van der Waals surface area (Å²) in [5.74, 6) is 2.28. The van der Waals surface area contributed by atoms with Gasteiger partial charge in [-0.1, -0.05) is 6.07 Å². The molecule has 0 radical (unpaired) electrons. The summed E-state index contributed by atoms with van der Waals surface area (Å²) in [7, 11) is 3.30. The van der Waals surface area contributed by atoms with Gasteiger partial charge in [0.15, 0.2) is 11.5 Å². The van der Waals surface area contributed by atoms with Crippen molar-refractivity contribution in [3.63, 3.8) is 0 Å². The number of hydrogen-bond acceptors (Lipinski definition) is 3. The maximum atomic E-state index is 6.10. The zero-order valence-corrected chi connectivity index (χ0v) is 9.90. The fourth-order valence-electron chi connectivity index (χ4n) is 1.97. The molecule has 0 aliphatic heterocycles. The highest BCUT2D eigenvalue weighted by Crippen LogP contribution is 2.34. The van der Waals surface area contributed by atoms with Crippen LogP contribution in [0.25, 0.3) is 0 Å². The van der Waals surface area contributed by atoms with Crippen LogP contribution in [0.4, 0.5) is 0 Å². The topological polar surface area (TPSA) is 44.5 Å². The Hall–Kier alpha value is -1.22. The van der Waals surface area contributed by atoms with Crippen molar-refractivity contribution in [3.05, 3.63) is 23.8 Å². The lowest BCUT2D eigenvalue weighted by Crippen LogP contribution is -2.24. The molecule has 1 saturated carbocycles. The second-order valence-electron chi connectivity index (χ2n) is 4.39. The van der Waals surface area contributed by atoms with Crippen LogP contribution in [0, 0.1) is 5.92 Å². The summed E-state index contributed by atoms with van der Waals surface area (Å²) in [6.07, 6.45) is 3.49. The highest BCUT2D eigenvalue weighted by Gasteiger charge is 2.28. The van der Waals surface area contributed by atoms with Gasteiger partial charge < -0.3 is 15.2 Å². The highest BCUT2D eigenvalue weighted by molar-refractivity contribution is 5.43. The number of rotatable bonds is 5. The van der Waals surface area contributed by atoms with Crippen molar-refractivity contribution in [2.75, 3.05) is 14.2 Å². The smallest absolute Gasteiger partial charge is 0.160 e. The Morgan fingerprint density at radius 3 is 2.50 bits per heavy atom. The second kappa shape index (κ2) is 4.74. The van der Waals surface area contributed by atoms with Crippen molar-refractivity contribution in [1.82, 2.24) is 0 Å². The second-order valence-corrected chi connectivity index (χ2v) is 4.39. The van der Waals surface area contributed by atoms with E-state index in [9.17, 15) is 0 Å². The minimum Gasteiger partial charge on any atom is -0.493 e. The van der Waals surface area contributed by atoms with Gasteiger partial charge in [0, 0.05) is 6.04 Å². The quantitative estimate of drug-likeness (QED) is 0.827. The summed E-state index contributed by atoms with van der Waals surface area (Å²) in [4.78, 5) is 0. The molecule has 0 spiro atoms. The van der Waals surface area contributed by atoms with E-state index in [1.54, 1.807) is 14.2 Å². The molecular formula is C13H19NO2. The summed E-state index contributed by atoms with van der Waals surface area (Å²) in [5, 5.41) is 0. The van der Waals surface area contributed by atoms with Crippen molar-refractivity contribution in [1.29, 1.82) is 0 Å². The first-order valence-corrected chi connectivity index (χ1v) is 5.71. The molecule has 2 rings (SSSR count). The van der Waals surface area contributed by atoms with Gasteiger partial charge in [0.1, 0.15) is 0 Å². The molecule has 0 aromatic heterocycles. The first-order valence-electron chi connectivity index (χ1n) is 5.71. The Morgan fingerprint density at radius 1 is 1.25 bits per heavy atom. The van der Waals surface area contributed by atoms with E-state index in [4.69, 9.17) is 15.2 Å². The van der Waals surface area contributed by atoms with E-state index in [-0.39, 0.29) is 6.04 Å². The third-order valence-electron chi connectivity index (χ3n) is 3.15. The van der Waals surface area contributed by atoms with Gasteiger partial charge in [0.2, 0.25) is 0 Å². The summed E-state index contributed by atoms with van der Waals surface area (Å²) >= 11 is 0. The number of ether oxygens (including phenoxy) is 2. The first-order chi connectivity index (χ1) is 7.74. The summed E-state index contributed by atoms with van der Waals surface area (Å²) in [6.45, 7) is 0. The third kappa shape index (κ3) is 2.47. The minimum atomic E-state index is 0.290. The molecule has 1 fully saturated rings. The van der Waals surface area contributed by atoms with Gasteiger partial charge in [0.05, 0.1) is 14.2 Å². The average molecular weight is 221 g/mol. The van der Waals surface area contributed by atoms with Gasteiger partial charge in [-0.3, -0.25) is 0 Å². The van der Waals surface area contributed by atoms with E-state index in [0.29, 0.717) is 0 Å². The molecule has 1 aromatic carbocycles. The van der Waals surface area contributed by atoms with Crippen LogP contribution in [0.3, 0.4) is 0 Å². The van der Waals surface area contributed by atoms with Gasteiger partial charge in [-0.15, -0.1) is 0 Å². The van der Waals surface area contributed by atoms with Crippen molar-refractivity contribution in [2.24, 2.45) is 11.7 Å². The standard InChI is InChI=1S/C13H19NO2/c1-15-12-6-3-9(8-13(12)16-2)7-11(14)10-4-5-10/h3,6,8,10-11H,4-5,7,14H2,1-2H3. The van der Waals surface area contributed by atoms with Crippen LogP contribution in [-0.2, 0) is 6.42 Å². The molecule has 3 heteroatoms. The maximum Gasteiger partial charge on any atom is 0.160 e. The summed E-state index contributed by atoms with van der Waals surface area (Å²) in [5.41, 5.74) is 7.32. The van der Waals surface area contributed by atoms with Crippen LogP contribution in [-0.4, -0.2) is 20.3 Å². The largest absolute Gasteiger partial charge is 0.493 e. The van der Waals surface area contributed by atoms with Crippen LogP contribution < -0.4 is 15.2 Å². The molecule has 16 heavy (non-hydrogen) atoms. The maximum absolute atomic E-state index is 6.10. The Kier molecular flexibility index (Phi) is 3.34. The highest BCUT2D eigenvalue weighted by atomic mass is 16.5. The molecule has 1 aliphatic carbocycles. The molecule has 2 N–H and O–H groups in total. The zero-order valence-electron chi connectivity index (χ0n) is 9.90. The summed E-state index contributed by atoms with van der Waals surface area (Å²) in [6, 6.07) is 6.30. The summed E-state index contributed by atoms with van der Waals surface area (Å²) < 4.78 is 10.5. The molecule has 0 bridgehead atoms. The number of benzene rings is 1. The lowest BCUT2D eigenvalue weighted by molar-refractivity contribution is 0.354. The Morgan fingerprint density at radius 2 is 1.94 bits per heavy atom. The molecule has 1 aromatic rings. The Labute approximate surface area is 96.5 Å². The van der Waals surface area contributed by atoms with Gasteiger partial charge in [-0.05, 0) is 42.9 Å². The normalized spacial score (nSPS) is 16.9. The SMILES string of the molecule is COc1ccc(CC(N)C2CC2)cc1OC. The van der Waals surface area contributed by atoms with Gasteiger partial charge >= 0.3 is 0 Å². The fraction of sp³-hybridized carbons (Fsp3) is 0.538. The van der Waals surface area contributed by atoms with Crippen LogP contribution >= 0.6 is 0 Å². The van der Waals surface area contributed by atoms with E-state index < -0.39 is 0 Å². The molecule has 88 valence electrons. The monoisotopic (exact) mass is 221 g/mol. The molecular weight excluding hydrogens is 202 g/mol. The van der Waals surface area contributed by atoms with E-state index in [0.717, 1.165) is 23.8 Å². The van der Waals surface area contributed by atoms with Gasteiger partial charge in [0.25, 0.3) is 0 Å². The molecule has 0 saturated heterocycles. The average Bonchev–Trinajstić information content (AvgIpc) is 3.12. The van der Waals surface area contributed by atoms with Crippen molar-refractivity contribution in [2.45, 2.75) is 25.3 Å². The first kappa shape index (κ1) is 11.3. The minimum absolute atomic E-state index is 0.290. The van der Waals surface area contributed by atoms with Gasteiger partial charge in [-0.2, -0.15) is 0 Å². The van der Waals surface area contributed by atoms with E-state index in [1.165, 1.54) is 18.4 Å². The van der Waals surface area contributed by atoms with Crippen LogP contribution in [0.1, 0.15) is 18.4 Å². The van der Waals surface area contributed by atoms with Gasteiger partial charge in [-0.25, -0.2) is 0 Å². The van der Waals surface area contributed by atoms with E-state index >= 15 is 0 Å². The fourth-order valence-corrected chi connectivity index (χ4v) is 1.97. The molecule has 1 unspecified atom stereocenters. The van der Waals surface area contributed by atoms with Crippen molar-refractivity contribution < 1.29 is 9.47 Å². The molecule has 0 amide bonds. The third-order valence-corrected chi connectivity index (χ3v) is 3.15. The zero-order chi connectivity index (χ0) is 11.5. The predicted molar refractivity (Wildman–Crippen MR) is 63.9 cm³/mol. The lowest BCUT2D eigenvalue weighted by atomic mass is 10.0. The lowest BCUT2D eigenvalue weighted by Gasteiger charge is -2.13. The number of nitrogens with two attached hydrogens (primary N) is 1. The number of hydrogen-bond donors (Lipinski definition) is 1. The molecule has 3 nitrogen and oxygen atoms in total. The number of methoxy groups -OCH3 is 2. The molecule has 0 heterocycles. The van der Waals surface area contributed by atoms with Crippen LogP contribution in [0.5, 0.6) is 11.5 Å². The Balaban J connectivity index is 2.08. The van der Waals surface area contributed by atoms with Crippen molar-refractivity contribution in [3.8, 4) is 11.5 Å².